The summed E-state index contributed by atoms with van der Waals surface area (Å²) in [6.45, 7) is 0. The molecular weight excluding hydrogens is 276 g/mol. The number of carbonyl (C=O) groups excluding carboxylic acids is 1. The van der Waals surface area contributed by atoms with Crippen molar-refractivity contribution in [3.8, 4) is 0 Å². The molecule has 2 aromatic rings. The van der Waals surface area contributed by atoms with Gasteiger partial charge in [-0.1, -0.05) is 12.1 Å². The number of benzene rings is 1. The van der Waals surface area contributed by atoms with E-state index in [1.54, 1.807) is 6.07 Å². The fourth-order valence-electron chi connectivity index (χ4n) is 1.72. The van der Waals surface area contributed by atoms with E-state index in [9.17, 15) is 14.4 Å². The Bertz CT molecular complexity index is 727. The van der Waals surface area contributed by atoms with Crippen LogP contribution in [0.1, 0.15) is 31.2 Å². The third kappa shape index (κ3) is 3.03. The minimum absolute atomic E-state index is 0.0667. The molecular formula is C14H10N2O5. The molecule has 0 fully saturated rings. The summed E-state index contributed by atoms with van der Waals surface area (Å²) in [5.74, 6) is -3.29. The molecule has 0 atom stereocenters. The van der Waals surface area contributed by atoms with Gasteiger partial charge in [-0.25, -0.2) is 9.59 Å². The minimum atomic E-state index is -1.29. The number of carboxylic acid groups (broad SMARTS) is 2. The van der Waals surface area contributed by atoms with E-state index in [-0.39, 0.29) is 22.5 Å². The molecule has 3 N–H and O–H groups in total. The monoisotopic (exact) mass is 286 g/mol. The van der Waals surface area contributed by atoms with Crippen LogP contribution < -0.4 is 5.32 Å². The SMILES string of the molecule is O=C(O)c1ccccc1NC(=O)c1ncccc1C(=O)O. The van der Waals surface area contributed by atoms with Crippen LogP contribution in [-0.2, 0) is 0 Å². The quantitative estimate of drug-likeness (QED) is 0.788. The molecule has 0 aliphatic carbocycles. The first-order valence-electron chi connectivity index (χ1n) is 5.82. The highest BCUT2D eigenvalue weighted by Crippen LogP contribution is 2.16. The Morgan fingerprint density at radius 2 is 1.52 bits per heavy atom. The van der Waals surface area contributed by atoms with Gasteiger partial charge in [0.2, 0.25) is 0 Å². The lowest BCUT2D eigenvalue weighted by molar-refractivity contribution is 0.0683. The molecule has 0 bridgehead atoms. The number of hydrogen-bond acceptors (Lipinski definition) is 4. The van der Waals surface area contributed by atoms with Gasteiger partial charge in [-0.3, -0.25) is 9.78 Å². The van der Waals surface area contributed by atoms with Crippen molar-refractivity contribution in [2.75, 3.05) is 5.32 Å². The minimum Gasteiger partial charge on any atom is -0.478 e. The third-order valence-corrected chi connectivity index (χ3v) is 2.66. The summed E-state index contributed by atoms with van der Waals surface area (Å²) in [7, 11) is 0. The predicted molar refractivity (Wildman–Crippen MR) is 72.6 cm³/mol. The van der Waals surface area contributed by atoms with Crippen molar-refractivity contribution in [1.29, 1.82) is 0 Å². The normalized spacial score (nSPS) is 9.90. The number of carbonyl (C=O) groups is 3. The zero-order chi connectivity index (χ0) is 15.4. The standard InChI is InChI=1S/C14H10N2O5/c17-12(11-9(14(20)21)5-3-7-15-11)16-10-6-2-1-4-8(10)13(18)19/h1-7H,(H,16,17)(H,18,19)(H,20,21). The lowest BCUT2D eigenvalue weighted by Crippen LogP contribution is -2.19. The maximum Gasteiger partial charge on any atom is 0.338 e. The predicted octanol–water partition coefficient (Wildman–Crippen LogP) is 1.73. The molecule has 1 amide bonds. The van der Waals surface area contributed by atoms with Gasteiger partial charge in [-0.05, 0) is 24.3 Å². The van der Waals surface area contributed by atoms with Gasteiger partial charge in [-0.2, -0.15) is 0 Å². The first kappa shape index (κ1) is 14.2. The van der Waals surface area contributed by atoms with Crippen molar-refractivity contribution >= 4 is 23.5 Å². The topological polar surface area (TPSA) is 117 Å². The van der Waals surface area contributed by atoms with Crippen LogP contribution in [0.5, 0.6) is 0 Å². The molecule has 0 saturated heterocycles. The number of nitrogens with zero attached hydrogens (tertiary/aromatic N) is 1. The van der Waals surface area contributed by atoms with Crippen LogP contribution in [0.15, 0.2) is 42.6 Å². The molecule has 21 heavy (non-hydrogen) atoms. The number of carboxylic acids is 2. The number of amides is 1. The van der Waals surface area contributed by atoms with Crippen molar-refractivity contribution in [3.05, 3.63) is 59.4 Å². The van der Waals surface area contributed by atoms with E-state index >= 15 is 0 Å². The average Bonchev–Trinajstić information content (AvgIpc) is 2.47. The molecule has 106 valence electrons. The van der Waals surface area contributed by atoms with E-state index in [0.717, 1.165) is 0 Å². The highest BCUT2D eigenvalue weighted by molar-refractivity contribution is 6.11. The highest BCUT2D eigenvalue weighted by Gasteiger charge is 2.19. The molecule has 0 radical (unpaired) electrons. The number of aromatic carboxylic acids is 2. The van der Waals surface area contributed by atoms with E-state index in [0.29, 0.717) is 0 Å². The van der Waals surface area contributed by atoms with Crippen LogP contribution in [0, 0.1) is 0 Å². The smallest absolute Gasteiger partial charge is 0.338 e. The van der Waals surface area contributed by atoms with E-state index in [2.05, 4.69) is 10.3 Å². The van der Waals surface area contributed by atoms with Gasteiger partial charge in [-0.15, -0.1) is 0 Å². The van der Waals surface area contributed by atoms with E-state index in [1.807, 2.05) is 0 Å². The lowest BCUT2D eigenvalue weighted by Gasteiger charge is -2.09. The van der Waals surface area contributed by atoms with Gasteiger partial charge in [0.05, 0.1) is 16.8 Å². The molecule has 1 heterocycles. The maximum absolute atomic E-state index is 12.1. The third-order valence-electron chi connectivity index (χ3n) is 2.66. The number of aromatic nitrogens is 1. The number of para-hydroxylation sites is 1. The molecule has 0 aliphatic heterocycles. The van der Waals surface area contributed by atoms with Gasteiger partial charge < -0.3 is 15.5 Å². The Morgan fingerprint density at radius 3 is 2.19 bits per heavy atom. The second kappa shape index (κ2) is 5.83. The second-order valence-electron chi connectivity index (χ2n) is 4.01. The number of hydrogen-bond donors (Lipinski definition) is 3. The second-order valence-corrected chi connectivity index (χ2v) is 4.01. The zero-order valence-electron chi connectivity index (χ0n) is 10.6. The largest absolute Gasteiger partial charge is 0.478 e. The Morgan fingerprint density at radius 1 is 0.905 bits per heavy atom. The number of rotatable bonds is 4. The van der Waals surface area contributed by atoms with Gasteiger partial charge >= 0.3 is 11.9 Å². The van der Waals surface area contributed by atoms with Crippen LogP contribution in [-0.4, -0.2) is 33.0 Å². The molecule has 0 saturated carbocycles. The molecule has 1 aromatic heterocycles. The Kier molecular flexibility index (Phi) is 3.94. The molecule has 2 rings (SSSR count). The highest BCUT2D eigenvalue weighted by atomic mass is 16.4. The lowest BCUT2D eigenvalue weighted by atomic mass is 10.1. The summed E-state index contributed by atoms with van der Waals surface area (Å²) in [4.78, 5) is 37.9. The Labute approximate surface area is 118 Å². The molecule has 7 heteroatoms. The summed E-state index contributed by atoms with van der Waals surface area (Å²) in [5.41, 5.74) is -0.580. The molecule has 0 unspecified atom stereocenters. The van der Waals surface area contributed by atoms with Gasteiger partial charge in [0.25, 0.3) is 5.91 Å². The zero-order valence-corrected chi connectivity index (χ0v) is 10.6. The van der Waals surface area contributed by atoms with E-state index in [4.69, 9.17) is 10.2 Å². The number of anilines is 1. The van der Waals surface area contributed by atoms with Crippen molar-refractivity contribution in [2.45, 2.75) is 0 Å². The van der Waals surface area contributed by atoms with Gasteiger partial charge in [0, 0.05) is 6.20 Å². The van der Waals surface area contributed by atoms with Crippen LogP contribution in [0.3, 0.4) is 0 Å². The van der Waals surface area contributed by atoms with Gasteiger partial charge in [0.1, 0.15) is 5.69 Å². The molecule has 0 aliphatic rings. The van der Waals surface area contributed by atoms with Gasteiger partial charge in [0.15, 0.2) is 0 Å². The maximum atomic E-state index is 12.1. The van der Waals surface area contributed by atoms with Crippen LogP contribution in [0.25, 0.3) is 0 Å². The van der Waals surface area contributed by atoms with Crippen molar-refractivity contribution in [1.82, 2.24) is 4.98 Å². The molecule has 1 aromatic carbocycles. The first-order valence-corrected chi connectivity index (χ1v) is 5.82. The summed E-state index contributed by atoms with van der Waals surface area (Å²) in [6, 6.07) is 8.44. The fraction of sp³-hybridized carbons (Fsp3) is 0. The average molecular weight is 286 g/mol. The molecule has 7 nitrogen and oxygen atoms in total. The summed E-state index contributed by atoms with van der Waals surface area (Å²) in [5, 5.41) is 20.4. The van der Waals surface area contributed by atoms with Crippen molar-refractivity contribution < 1.29 is 24.6 Å². The number of nitrogens with one attached hydrogen (secondary N) is 1. The van der Waals surface area contributed by atoms with E-state index < -0.39 is 17.8 Å². The first-order chi connectivity index (χ1) is 10.0. The van der Waals surface area contributed by atoms with Crippen LogP contribution in [0.2, 0.25) is 0 Å². The van der Waals surface area contributed by atoms with Crippen LogP contribution >= 0.6 is 0 Å². The number of pyridine rings is 1. The van der Waals surface area contributed by atoms with Crippen LogP contribution in [0.4, 0.5) is 5.69 Å². The van der Waals surface area contributed by atoms with E-state index in [1.165, 1.54) is 36.5 Å². The van der Waals surface area contributed by atoms with Crippen molar-refractivity contribution in [3.63, 3.8) is 0 Å². The molecule has 0 spiro atoms. The summed E-state index contributed by atoms with van der Waals surface area (Å²) in [6.07, 6.45) is 1.28. The Hall–Kier alpha value is -3.22. The fourth-order valence-corrected chi connectivity index (χ4v) is 1.72. The van der Waals surface area contributed by atoms with Crippen molar-refractivity contribution in [2.24, 2.45) is 0 Å². The summed E-state index contributed by atoms with van der Waals surface area (Å²) >= 11 is 0. The summed E-state index contributed by atoms with van der Waals surface area (Å²) < 4.78 is 0. The Balaban J connectivity index is 2.36.